The van der Waals surface area contributed by atoms with Crippen molar-refractivity contribution in [3.8, 4) is 5.75 Å². The lowest BCUT2D eigenvalue weighted by Crippen LogP contribution is -2.38. The van der Waals surface area contributed by atoms with Gasteiger partial charge in [-0.05, 0) is 42.5 Å². The Morgan fingerprint density at radius 3 is 2.84 bits per heavy atom. The number of fused-ring (bicyclic) bond motifs is 1. The number of hydrogen-bond donors (Lipinski definition) is 1. The molecular weight excluding hydrogens is 392 g/mol. The first kappa shape index (κ1) is 19.8. The Hall–Kier alpha value is -3.10. The summed E-state index contributed by atoms with van der Waals surface area (Å²) in [5.74, 6) is 2.08. The summed E-state index contributed by atoms with van der Waals surface area (Å²) in [5.41, 5.74) is 4.94. The maximum absolute atomic E-state index is 6.03. The molecule has 1 fully saturated rings. The maximum Gasteiger partial charge on any atom is 0.228 e. The molecule has 1 aliphatic heterocycles. The summed E-state index contributed by atoms with van der Waals surface area (Å²) < 4.78 is 11.7. The van der Waals surface area contributed by atoms with Crippen LogP contribution in [0.5, 0.6) is 5.75 Å². The quantitative estimate of drug-likeness (QED) is 0.654. The van der Waals surface area contributed by atoms with Crippen molar-refractivity contribution in [1.29, 1.82) is 0 Å². The van der Waals surface area contributed by atoms with Gasteiger partial charge in [0.1, 0.15) is 11.9 Å². The fourth-order valence-electron chi connectivity index (χ4n) is 4.31. The Labute approximate surface area is 181 Å². The van der Waals surface area contributed by atoms with Crippen LogP contribution in [-0.4, -0.2) is 51.6 Å². The highest BCUT2D eigenvalue weighted by Crippen LogP contribution is 2.31. The molecule has 0 unspecified atom stereocenters. The molecule has 1 saturated heterocycles. The number of aromatic nitrogens is 4. The summed E-state index contributed by atoms with van der Waals surface area (Å²) in [4.78, 5) is 19.8. The van der Waals surface area contributed by atoms with Crippen molar-refractivity contribution in [2.24, 2.45) is 0 Å². The van der Waals surface area contributed by atoms with Crippen molar-refractivity contribution < 1.29 is 9.47 Å². The molecule has 1 aromatic carbocycles. The molecular formula is C23H26N6O2. The zero-order valence-electron chi connectivity index (χ0n) is 17.6. The fourth-order valence-corrected chi connectivity index (χ4v) is 4.31. The summed E-state index contributed by atoms with van der Waals surface area (Å²) in [5, 5.41) is 3.09. The van der Waals surface area contributed by atoms with Crippen LogP contribution >= 0.6 is 0 Å². The minimum atomic E-state index is -0.139. The third kappa shape index (κ3) is 4.50. The summed E-state index contributed by atoms with van der Waals surface area (Å²) in [6, 6.07) is 6.32. The van der Waals surface area contributed by atoms with E-state index in [1.165, 1.54) is 29.5 Å². The Balaban J connectivity index is 1.29. The van der Waals surface area contributed by atoms with Crippen LogP contribution in [-0.2, 0) is 24.1 Å². The molecule has 0 spiro atoms. The third-order valence-corrected chi connectivity index (χ3v) is 5.83. The Morgan fingerprint density at radius 1 is 1.16 bits per heavy atom. The van der Waals surface area contributed by atoms with E-state index in [0.29, 0.717) is 18.4 Å². The molecule has 1 atom stereocenters. The van der Waals surface area contributed by atoms with E-state index in [9.17, 15) is 0 Å². The zero-order valence-corrected chi connectivity index (χ0v) is 17.6. The van der Waals surface area contributed by atoms with Crippen LogP contribution in [0.4, 0.5) is 11.8 Å². The number of morpholine rings is 1. The van der Waals surface area contributed by atoms with Gasteiger partial charge in [0, 0.05) is 37.6 Å². The van der Waals surface area contributed by atoms with Crippen LogP contribution in [0.15, 0.2) is 43.0 Å². The molecule has 1 aliphatic carbocycles. The molecule has 31 heavy (non-hydrogen) atoms. The van der Waals surface area contributed by atoms with E-state index in [-0.39, 0.29) is 6.10 Å². The number of hydrogen-bond acceptors (Lipinski definition) is 8. The van der Waals surface area contributed by atoms with Crippen molar-refractivity contribution in [2.75, 3.05) is 32.1 Å². The smallest absolute Gasteiger partial charge is 0.228 e. The number of ether oxygens (including phenoxy) is 2. The highest BCUT2D eigenvalue weighted by molar-refractivity contribution is 5.46. The molecule has 0 saturated carbocycles. The predicted octanol–water partition coefficient (Wildman–Crippen LogP) is 3.08. The lowest BCUT2D eigenvalue weighted by Gasteiger charge is -2.33. The van der Waals surface area contributed by atoms with Crippen LogP contribution in [0.1, 0.15) is 34.9 Å². The molecule has 8 nitrogen and oxygen atoms in total. The maximum atomic E-state index is 6.03. The van der Waals surface area contributed by atoms with Crippen molar-refractivity contribution in [3.05, 3.63) is 65.4 Å². The number of benzene rings is 1. The second-order valence-corrected chi connectivity index (χ2v) is 7.91. The van der Waals surface area contributed by atoms with Crippen LogP contribution in [0.2, 0.25) is 0 Å². The summed E-state index contributed by atoms with van der Waals surface area (Å²) in [6.07, 6.45) is 10.2. The monoisotopic (exact) mass is 418 g/mol. The first-order valence-corrected chi connectivity index (χ1v) is 10.7. The number of aryl methyl sites for hydroxylation is 2. The highest BCUT2D eigenvalue weighted by atomic mass is 16.5. The van der Waals surface area contributed by atoms with E-state index in [1.807, 2.05) is 0 Å². The van der Waals surface area contributed by atoms with Gasteiger partial charge in [-0.25, -0.2) is 15.0 Å². The van der Waals surface area contributed by atoms with Gasteiger partial charge in [-0.2, -0.15) is 0 Å². The van der Waals surface area contributed by atoms with Crippen molar-refractivity contribution in [3.63, 3.8) is 0 Å². The molecule has 0 amide bonds. The lowest BCUT2D eigenvalue weighted by atomic mass is 10.0. The summed E-state index contributed by atoms with van der Waals surface area (Å²) in [6.45, 7) is 3.11. The molecule has 0 radical (unpaired) electrons. The third-order valence-electron chi connectivity index (χ3n) is 5.83. The summed E-state index contributed by atoms with van der Waals surface area (Å²) >= 11 is 0. The van der Waals surface area contributed by atoms with Crippen molar-refractivity contribution in [1.82, 2.24) is 24.8 Å². The van der Waals surface area contributed by atoms with E-state index in [1.54, 1.807) is 38.0 Å². The van der Waals surface area contributed by atoms with Gasteiger partial charge in [0.25, 0.3) is 0 Å². The van der Waals surface area contributed by atoms with Crippen LogP contribution < -0.4 is 10.1 Å². The van der Waals surface area contributed by atoms with Crippen molar-refractivity contribution in [2.45, 2.75) is 31.9 Å². The molecule has 3 aromatic rings. The minimum Gasteiger partial charge on any atom is -0.496 e. The Bertz CT molecular complexity index is 1050. The standard InChI is InChI=1S/C23H26N6O2/c1-30-20-11-17-5-2-4-16(17)10-18(20)14-29-8-9-31-21(15-29)19-12-24-13-22(27-19)28-23-25-6-3-7-26-23/h3,6-7,10-13,21H,2,4-5,8-9,14-15H2,1H3,(H,25,26,27,28)/t21-/m1/s1. The minimum absolute atomic E-state index is 0.139. The highest BCUT2D eigenvalue weighted by Gasteiger charge is 2.25. The molecule has 3 heterocycles. The number of rotatable bonds is 6. The van der Waals surface area contributed by atoms with E-state index in [4.69, 9.17) is 9.47 Å². The predicted molar refractivity (Wildman–Crippen MR) is 116 cm³/mol. The number of methoxy groups -OCH3 is 1. The zero-order chi connectivity index (χ0) is 21.0. The molecule has 0 bridgehead atoms. The van der Waals surface area contributed by atoms with Gasteiger partial charge in [0.05, 0.1) is 31.8 Å². The Morgan fingerprint density at radius 2 is 2.00 bits per heavy atom. The lowest BCUT2D eigenvalue weighted by molar-refractivity contribution is -0.0352. The second kappa shape index (κ2) is 8.95. The molecule has 2 aromatic heterocycles. The van der Waals surface area contributed by atoms with Gasteiger partial charge in [-0.3, -0.25) is 9.88 Å². The Kier molecular flexibility index (Phi) is 5.73. The molecule has 5 rings (SSSR count). The van der Waals surface area contributed by atoms with Gasteiger partial charge >= 0.3 is 0 Å². The largest absolute Gasteiger partial charge is 0.496 e. The fraction of sp³-hybridized carbons (Fsp3) is 0.391. The van der Waals surface area contributed by atoms with Crippen LogP contribution in [0.25, 0.3) is 0 Å². The average Bonchev–Trinajstić information content (AvgIpc) is 3.27. The number of anilines is 2. The number of nitrogens with one attached hydrogen (secondary N) is 1. The number of nitrogens with zero attached hydrogens (tertiary/aromatic N) is 5. The SMILES string of the molecule is COc1cc2c(cc1CN1CCO[C@@H](c3cncc(Nc4ncccn4)n3)C1)CCC2. The van der Waals surface area contributed by atoms with Gasteiger partial charge in [0.2, 0.25) is 5.95 Å². The molecule has 8 heteroatoms. The van der Waals surface area contributed by atoms with E-state index in [0.717, 1.165) is 37.5 Å². The van der Waals surface area contributed by atoms with E-state index in [2.05, 4.69) is 42.3 Å². The van der Waals surface area contributed by atoms with Gasteiger partial charge in [-0.15, -0.1) is 0 Å². The van der Waals surface area contributed by atoms with E-state index < -0.39 is 0 Å². The first-order chi connectivity index (χ1) is 15.3. The van der Waals surface area contributed by atoms with E-state index >= 15 is 0 Å². The molecule has 2 aliphatic rings. The molecule has 160 valence electrons. The van der Waals surface area contributed by atoms with Gasteiger partial charge in [0.15, 0.2) is 5.82 Å². The average molecular weight is 419 g/mol. The summed E-state index contributed by atoms with van der Waals surface area (Å²) in [7, 11) is 1.76. The van der Waals surface area contributed by atoms with Gasteiger partial charge < -0.3 is 14.8 Å². The second-order valence-electron chi connectivity index (χ2n) is 7.91. The van der Waals surface area contributed by atoms with Crippen molar-refractivity contribution >= 4 is 11.8 Å². The van der Waals surface area contributed by atoms with Crippen LogP contribution in [0.3, 0.4) is 0 Å². The van der Waals surface area contributed by atoms with Gasteiger partial charge in [-0.1, -0.05) is 6.07 Å². The first-order valence-electron chi connectivity index (χ1n) is 10.7. The topological polar surface area (TPSA) is 85.3 Å². The van der Waals surface area contributed by atoms with Crippen LogP contribution in [0, 0.1) is 0 Å². The normalized spacial score (nSPS) is 18.5. The molecule has 1 N–H and O–H groups in total.